The zero-order chi connectivity index (χ0) is 59.2. The summed E-state index contributed by atoms with van der Waals surface area (Å²) in [6, 6.07) is 0. The fourth-order valence-electron chi connectivity index (χ4n) is 9.57. The second-order valence-electron chi connectivity index (χ2n) is 22.7. The SMILES string of the molecule is CC/C=C\C/C=C\C/C=C\C/C=C\C/C=C\C/C=C\CCCCCCCCCCCCCCCCC(=O)OCC(COC(=O)CCCCCCC/C=C\C/C=C\C/C=C\CC)OC(=O)CCCCCCC/C=C\CCCCCCCCC. The zero-order valence-electron chi connectivity index (χ0n) is 53.7. The maximum absolute atomic E-state index is 12.9. The van der Waals surface area contributed by atoms with Gasteiger partial charge < -0.3 is 14.2 Å². The monoisotopic (exact) mass is 1140 g/mol. The van der Waals surface area contributed by atoms with Crippen LogP contribution in [0.15, 0.2) is 122 Å². The van der Waals surface area contributed by atoms with Crippen LogP contribution in [-0.4, -0.2) is 37.2 Å². The van der Waals surface area contributed by atoms with Crippen LogP contribution >= 0.6 is 0 Å². The van der Waals surface area contributed by atoms with E-state index in [4.69, 9.17) is 14.2 Å². The van der Waals surface area contributed by atoms with E-state index in [-0.39, 0.29) is 31.1 Å². The second kappa shape index (κ2) is 69.3. The van der Waals surface area contributed by atoms with E-state index in [1.54, 1.807) is 0 Å². The van der Waals surface area contributed by atoms with E-state index in [1.165, 1.54) is 135 Å². The van der Waals surface area contributed by atoms with E-state index >= 15 is 0 Å². The van der Waals surface area contributed by atoms with E-state index < -0.39 is 6.10 Å². The Morgan fingerprint density at radius 3 is 0.756 bits per heavy atom. The van der Waals surface area contributed by atoms with Crippen molar-refractivity contribution in [2.45, 2.75) is 329 Å². The first-order valence-electron chi connectivity index (χ1n) is 34.5. The summed E-state index contributed by atoms with van der Waals surface area (Å²) in [5.41, 5.74) is 0. The van der Waals surface area contributed by atoms with Crippen molar-refractivity contribution in [3.63, 3.8) is 0 Å². The first kappa shape index (κ1) is 77.8. The van der Waals surface area contributed by atoms with Crippen LogP contribution in [0.2, 0.25) is 0 Å². The summed E-state index contributed by atoms with van der Waals surface area (Å²) in [4.78, 5) is 38.4. The zero-order valence-corrected chi connectivity index (χ0v) is 53.7. The van der Waals surface area contributed by atoms with Gasteiger partial charge in [0.15, 0.2) is 6.10 Å². The lowest BCUT2D eigenvalue weighted by molar-refractivity contribution is -0.167. The highest BCUT2D eigenvalue weighted by atomic mass is 16.6. The summed E-state index contributed by atoms with van der Waals surface area (Å²) in [6.45, 7) is 6.41. The van der Waals surface area contributed by atoms with Crippen molar-refractivity contribution >= 4 is 17.9 Å². The molecule has 0 aromatic carbocycles. The average molecular weight is 1140 g/mol. The molecule has 0 aliphatic rings. The van der Waals surface area contributed by atoms with E-state index in [2.05, 4.69) is 142 Å². The van der Waals surface area contributed by atoms with Crippen LogP contribution < -0.4 is 0 Å². The van der Waals surface area contributed by atoms with Crippen molar-refractivity contribution < 1.29 is 28.6 Å². The number of carbonyl (C=O) groups is 3. The largest absolute Gasteiger partial charge is 0.462 e. The van der Waals surface area contributed by atoms with Gasteiger partial charge in [0.1, 0.15) is 13.2 Å². The highest BCUT2D eigenvalue weighted by Gasteiger charge is 2.19. The molecule has 1 atom stereocenters. The topological polar surface area (TPSA) is 78.9 Å². The lowest BCUT2D eigenvalue weighted by Gasteiger charge is -2.18. The van der Waals surface area contributed by atoms with Gasteiger partial charge in [0.25, 0.3) is 0 Å². The van der Waals surface area contributed by atoms with Crippen molar-refractivity contribution in [3.8, 4) is 0 Å². The second-order valence-corrected chi connectivity index (χ2v) is 22.7. The molecule has 0 saturated heterocycles. The van der Waals surface area contributed by atoms with Gasteiger partial charge in [-0.1, -0.05) is 296 Å². The Bertz CT molecular complexity index is 1690. The van der Waals surface area contributed by atoms with Crippen molar-refractivity contribution in [3.05, 3.63) is 122 Å². The number of unbranched alkanes of at least 4 members (excludes halogenated alkanes) is 31. The molecular formula is C76H128O6. The molecule has 0 aromatic heterocycles. The molecule has 0 rings (SSSR count). The number of carbonyl (C=O) groups excluding carboxylic acids is 3. The van der Waals surface area contributed by atoms with Crippen LogP contribution in [0.5, 0.6) is 0 Å². The number of hydrogen-bond acceptors (Lipinski definition) is 6. The number of hydrogen-bond donors (Lipinski definition) is 0. The molecule has 0 aliphatic carbocycles. The third-order valence-corrected chi connectivity index (χ3v) is 14.7. The Kier molecular flexibility index (Phi) is 65.8. The van der Waals surface area contributed by atoms with Gasteiger partial charge in [-0.2, -0.15) is 0 Å². The molecule has 0 fully saturated rings. The van der Waals surface area contributed by atoms with Crippen LogP contribution in [0.4, 0.5) is 0 Å². The normalized spacial score (nSPS) is 12.9. The molecule has 468 valence electrons. The minimum absolute atomic E-state index is 0.0869. The van der Waals surface area contributed by atoms with Crippen LogP contribution in [0.1, 0.15) is 323 Å². The lowest BCUT2D eigenvalue weighted by Crippen LogP contribution is -2.30. The quantitative estimate of drug-likeness (QED) is 0.0261. The van der Waals surface area contributed by atoms with Gasteiger partial charge in [0, 0.05) is 19.3 Å². The summed E-state index contributed by atoms with van der Waals surface area (Å²) in [6.07, 6.45) is 96.5. The average Bonchev–Trinajstić information content (AvgIpc) is 3.47. The predicted octanol–water partition coefficient (Wildman–Crippen LogP) is 23.9. The molecule has 0 heterocycles. The van der Waals surface area contributed by atoms with Crippen LogP contribution in [0, 0.1) is 0 Å². The maximum Gasteiger partial charge on any atom is 0.306 e. The molecule has 0 aromatic rings. The summed E-state index contributed by atoms with van der Waals surface area (Å²) in [5.74, 6) is -0.904. The van der Waals surface area contributed by atoms with E-state index in [0.717, 1.165) is 148 Å². The third-order valence-electron chi connectivity index (χ3n) is 14.7. The summed E-state index contributed by atoms with van der Waals surface area (Å²) >= 11 is 0. The van der Waals surface area contributed by atoms with Crippen molar-refractivity contribution in [1.82, 2.24) is 0 Å². The molecule has 0 spiro atoms. The van der Waals surface area contributed by atoms with Gasteiger partial charge in [-0.25, -0.2) is 0 Å². The minimum atomic E-state index is -0.792. The molecule has 0 N–H and O–H groups in total. The van der Waals surface area contributed by atoms with E-state index in [9.17, 15) is 14.4 Å². The molecule has 0 saturated carbocycles. The summed E-state index contributed by atoms with van der Waals surface area (Å²) in [5, 5.41) is 0. The minimum Gasteiger partial charge on any atom is -0.462 e. The van der Waals surface area contributed by atoms with E-state index in [0.29, 0.717) is 19.3 Å². The number of rotatable bonds is 62. The molecule has 1 unspecified atom stereocenters. The standard InChI is InChI=1S/C76H128O6/c1-4-7-10-13-16-19-22-25-28-30-31-32-33-34-35-36-37-38-39-40-41-42-43-44-45-46-49-51-54-57-60-63-66-69-75(78)81-72-73(71-80-74(77)68-65-62-59-56-53-50-47-27-24-21-18-15-12-9-6-3)82-76(79)70-67-64-61-58-55-52-48-29-26-23-20-17-14-11-8-5-2/h7,9-10,12,16,18-19,21,25,27-29,31-32,34-35,37-38,47-48,73H,4-6,8,11,13-15,17,20,22-24,26,30,33,36,39-46,49-72H2,1-3H3/b10-7-,12-9-,19-16-,21-18-,28-25-,32-31-,35-34-,38-37-,47-27-,48-29-. The molecule has 0 aliphatic heterocycles. The molecular weight excluding hydrogens is 1010 g/mol. The van der Waals surface area contributed by atoms with Gasteiger partial charge in [0.05, 0.1) is 0 Å². The Morgan fingerprint density at radius 1 is 0.256 bits per heavy atom. The van der Waals surface area contributed by atoms with E-state index in [1.807, 2.05) is 0 Å². The molecule has 6 heteroatoms. The third kappa shape index (κ3) is 66.6. The van der Waals surface area contributed by atoms with Crippen molar-refractivity contribution in [2.24, 2.45) is 0 Å². The van der Waals surface area contributed by atoms with Gasteiger partial charge in [-0.05, 0) is 128 Å². The van der Waals surface area contributed by atoms with Crippen molar-refractivity contribution in [2.75, 3.05) is 13.2 Å². The maximum atomic E-state index is 12.9. The molecule has 82 heavy (non-hydrogen) atoms. The Morgan fingerprint density at radius 2 is 0.476 bits per heavy atom. The number of ether oxygens (including phenoxy) is 3. The van der Waals surface area contributed by atoms with Crippen LogP contribution in [0.3, 0.4) is 0 Å². The first-order chi connectivity index (χ1) is 40.5. The van der Waals surface area contributed by atoms with Gasteiger partial charge in [-0.15, -0.1) is 0 Å². The van der Waals surface area contributed by atoms with Gasteiger partial charge in [-0.3, -0.25) is 14.4 Å². The van der Waals surface area contributed by atoms with Crippen LogP contribution in [0.25, 0.3) is 0 Å². The Hall–Kier alpha value is -4.19. The fourth-order valence-corrected chi connectivity index (χ4v) is 9.57. The Labute approximate surface area is 507 Å². The van der Waals surface area contributed by atoms with Crippen molar-refractivity contribution in [1.29, 1.82) is 0 Å². The number of allylic oxidation sites excluding steroid dienone is 20. The molecule has 0 bridgehead atoms. The summed E-state index contributed by atoms with van der Waals surface area (Å²) in [7, 11) is 0. The molecule has 6 nitrogen and oxygen atoms in total. The smallest absolute Gasteiger partial charge is 0.306 e. The molecule has 0 radical (unpaired) electrons. The predicted molar refractivity (Wildman–Crippen MR) is 357 cm³/mol. The highest BCUT2D eigenvalue weighted by molar-refractivity contribution is 5.71. The lowest BCUT2D eigenvalue weighted by atomic mass is 10.0. The fraction of sp³-hybridized carbons (Fsp3) is 0.697. The van der Waals surface area contributed by atoms with Crippen LogP contribution in [-0.2, 0) is 28.6 Å². The summed E-state index contributed by atoms with van der Waals surface area (Å²) < 4.78 is 16.9. The highest BCUT2D eigenvalue weighted by Crippen LogP contribution is 2.16. The first-order valence-corrected chi connectivity index (χ1v) is 34.5. The van der Waals surface area contributed by atoms with Gasteiger partial charge >= 0.3 is 17.9 Å². The Balaban J connectivity index is 4.24. The number of esters is 3. The molecule has 0 amide bonds. The van der Waals surface area contributed by atoms with Gasteiger partial charge in [0.2, 0.25) is 0 Å².